The van der Waals surface area contributed by atoms with Gasteiger partial charge in [-0.3, -0.25) is 4.90 Å². The van der Waals surface area contributed by atoms with Gasteiger partial charge in [-0.2, -0.15) is 0 Å². The van der Waals surface area contributed by atoms with E-state index in [4.69, 9.17) is 4.74 Å². The van der Waals surface area contributed by atoms with Crippen molar-refractivity contribution >= 4 is 0 Å². The number of hydrogen-bond acceptors (Lipinski definition) is 3. The first-order chi connectivity index (χ1) is 6.84. The number of hydrogen-bond donors (Lipinski definition) is 1. The first-order valence-electron chi connectivity index (χ1n) is 5.89. The third-order valence-electron chi connectivity index (χ3n) is 3.27. The van der Waals surface area contributed by atoms with Crippen LogP contribution in [0.1, 0.15) is 19.8 Å². The number of piperazine rings is 1. The lowest BCUT2D eigenvalue weighted by Crippen LogP contribution is -2.47. The molecule has 2 fully saturated rings. The second-order valence-electron chi connectivity index (χ2n) is 4.69. The quantitative estimate of drug-likeness (QED) is 0.707. The van der Waals surface area contributed by atoms with E-state index in [-0.39, 0.29) is 0 Å². The van der Waals surface area contributed by atoms with Crippen LogP contribution in [0.5, 0.6) is 0 Å². The Bertz CT molecular complexity index is 161. The lowest BCUT2D eigenvalue weighted by Gasteiger charge is -2.33. The molecule has 2 aliphatic rings. The Kier molecular flexibility index (Phi) is 3.79. The predicted molar refractivity (Wildman–Crippen MR) is 57.4 cm³/mol. The van der Waals surface area contributed by atoms with E-state index < -0.39 is 0 Å². The van der Waals surface area contributed by atoms with Crippen molar-refractivity contribution in [2.45, 2.75) is 25.9 Å². The molecule has 0 spiro atoms. The third-order valence-corrected chi connectivity index (χ3v) is 3.27. The molecule has 14 heavy (non-hydrogen) atoms. The molecule has 0 aromatic heterocycles. The van der Waals surface area contributed by atoms with Crippen molar-refractivity contribution in [2.24, 2.45) is 5.92 Å². The molecule has 0 aromatic rings. The summed E-state index contributed by atoms with van der Waals surface area (Å²) in [5, 5.41) is 3.38. The summed E-state index contributed by atoms with van der Waals surface area (Å²) in [6.07, 6.45) is 3.10. The average Bonchev–Trinajstić information content (AvgIpc) is 2.23. The van der Waals surface area contributed by atoms with E-state index in [1.54, 1.807) is 0 Å². The summed E-state index contributed by atoms with van der Waals surface area (Å²) in [5.41, 5.74) is 0. The first-order valence-corrected chi connectivity index (χ1v) is 5.89. The Balaban J connectivity index is 1.68. The highest BCUT2D eigenvalue weighted by atomic mass is 16.5. The molecule has 3 nitrogen and oxygen atoms in total. The summed E-state index contributed by atoms with van der Waals surface area (Å²) in [7, 11) is 0. The highest BCUT2D eigenvalue weighted by Crippen LogP contribution is 2.18. The van der Waals surface area contributed by atoms with Gasteiger partial charge in [-0.25, -0.2) is 0 Å². The van der Waals surface area contributed by atoms with Crippen molar-refractivity contribution in [3.05, 3.63) is 0 Å². The molecule has 2 rings (SSSR count). The summed E-state index contributed by atoms with van der Waals surface area (Å²) in [4.78, 5) is 2.52. The Labute approximate surface area is 86.8 Å². The molecule has 2 aliphatic heterocycles. The molecule has 2 atom stereocenters. The minimum absolute atomic E-state index is 0.504. The van der Waals surface area contributed by atoms with Gasteiger partial charge < -0.3 is 10.1 Å². The average molecular weight is 198 g/mol. The lowest BCUT2D eigenvalue weighted by molar-refractivity contribution is -0.0297. The van der Waals surface area contributed by atoms with E-state index in [1.165, 1.54) is 25.9 Å². The van der Waals surface area contributed by atoms with E-state index in [9.17, 15) is 0 Å². The van der Waals surface area contributed by atoms with Crippen LogP contribution in [0.2, 0.25) is 0 Å². The fraction of sp³-hybridized carbons (Fsp3) is 1.00. The zero-order chi connectivity index (χ0) is 9.80. The largest absolute Gasteiger partial charge is 0.377 e. The van der Waals surface area contributed by atoms with Crippen LogP contribution < -0.4 is 5.32 Å². The van der Waals surface area contributed by atoms with Crippen LogP contribution in [-0.4, -0.2) is 50.3 Å². The van der Waals surface area contributed by atoms with Crippen LogP contribution in [0.3, 0.4) is 0 Å². The fourth-order valence-electron chi connectivity index (χ4n) is 2.26. The van der Waals surface area contributed by atoms with Crippen LogP contribution in [0.25, 0.3) is 0 Å². The summed E-state index contributed by atoms with van der Waals surface area (Å²) in [6.45, 7) is 9.06. The Hall–Kier alpha value is -0.120. The first kappa shape index (κ1) is 10.4. The summed E-state index contributed by atoms with van der Waals surface area (Å²) in [6, 6.07) is 0. The Morgan fingerprint density at radius 3 is 2.71 bits per heavy atom. The van der Waals surface area contributed by atoms with Gasteiger partial charge in [0, 0.05) is 39.3 Å². The van der Waals surface area contributed by atoms with Gasteiger partial charge in [-0.1, -0.05) is 6.92 Å². The van der Waals surface area contributed by atoms with E-state index >= 15 is 0 Å². The Morgan fingerprint density at radius 1 is 1.29 bits per heavy atom. The molecule has 82 valence electrons. The number of nitrogens with zero attached hydrogens (tertiary/aromatic N) is 1. The molecule has 0 bridgehead atoms. The SMILES string of the molecule is CC1CCC(CN2CCNCC2)OC1. The molecule has 0 amide bonds. The molecule has 2 heterocycles. The van der Waals surface area contributed by atoms with Crippen LogP contribution >= 0.6 is 0 Å². The van der Waals surface area contributed by atoms with Crippen LogP contribution in [0.4, 0.5) is 0 Å². The highest BCUT2D eigenvalue weighted by Gasteiger charge is 2.21. The van der Waals surface area contributed by atoms with Gasteiger partial charge in [0.05, 0.1) is 6.10 Å². The molecular weight excluding hydrogens is 176 g/mol. The molecule has 0 aliphatic carbocycles. The molecule has 3 heteroatoms. The van der Waals surface area contributed by atoms with Crippen molar-refractivity contribution in [2.75, 3.05) is 39.3 Å². The number of ether oxygens (including phenoxy) is 1. The molecule has 2 saturated heterocycles. The summed E-state index contributed by atoms with van der Waals surface area (Å²) < 4.78 is 5.83. The van der Waals surface area contributed by atoms with Gasteiger partial charge in [-0.05, 0) is 18.8 Å². The highest BCUT2D eigenvalue weighted by molar-refractivity contribution is 4.75. The van der Waals surface area contributed by atoms with E-state index in [0.29, 0.717) is 6.10 Å². The lowest BCUT2D eigenvalue weighted by atomic mass is 10.00. The van der Waals surface area contributed by atoms with E-state index in [1.807, 2.05) is 0 Å². The van der Waals surface area contributed by atoms with Crippen molar-refractivity contribution in [1.29, 1.82) is 0 Å². The second-order valence-corrected chi connectivity index (χ2v) is 4.69. The van der Waals surface area contributed by atoms with Gasteiger partial charge in [0.15, 0.2) is 0 Å². The second kappa shape index (κ2) is 5.10. The summed E-state index contributed by atoms with van der Waals surface area (Å²) in [5.74, 6) is 0.772. The molecular formula is C11H22N2O. The molecule has 1 N–H and O–H groups in total. The molecule has 2 unspecified atom stereocenters. The number of nitrogens with one attached hydrogen (secondary N) is 1. The van der Waals surface area contributed by atoms with Crippen molar-refractivity contribution < 1.29 is 4.74 Å². The summed E-state index contributed by atoms with van der Waals surface area (Å²) >= 11 is 0. The van der Waals surface area contributed by atoms with Gasteiger partial charge in [0.2, 0.25) is 0 Å². The third kappa shape index (κ3) is 2.94. The fourth-order valence-corrected chi connectivity index (χ4v) is 2.26. The zero-order valence-corrected chi connectivity index (χ0v) is 9.17. The molecule has 0 saturated carbocycles. The van der Waals surface area contributed by atoms with Gasteiger partial charge >= 0.3 is 0 Å². The smallest absolute Gasteiger partial charge is 0.0702 e. The minimum atomic E-state index is 0.504. The normalized spacial score (nSPS) is 35.8. The maximum atomic E-state index is 5.83. The topological polar surface area (TPSA) is 24.5 Å². The van der Waals surface area contributed by atoms with Gasteiger partial charge in [-0.15, -0.1) is 0 Å². The van der Waals surface area contributed by atoms with Crippen LogP contribution in [0, 0.1) is 5.92 Å². The zero-order valence-electron chi connectivity index (χ0n) is 9.17. The standard InChI is InChI=1S/C11H22N2O/c1-10-2-3-11(14-9-10)8-13-6-4-12-5-7-13/h10-12H,2-9H2,1H3. The van der Waals surface area contributed by atoms with Crippen LogP contribution in [-0.2, 0) is 4.74 Å². The van der Waals surface area contributed by atoms with E-state index in [0.717, 1.165) is 32.2 Å². The molecule has 0 radical (unpaired) electrons. The predicted octanol–water partition coefficient (Wildman–Crippen LogP) is 0.707. The van der Waals surface area contributed by atoms with E-state index in [2.05, 4.69) is 17.1 Å². The van der Waals surface area contributed by atoms with Crippen molar-refractivity contribution in [3.8, 4) is 0 Å². The van der Waals surface area contributed by atoms with Gasteiger partial charge in [0.25, 0.3) is 0 Å². The molecule has 0 aromatic carbocycles. The van der Waals surface area contributed by atoms with Crippen LogP contribution in [0.15, 0.2) is 0 Å². The maximum absolute atomic E-state index is 5.83. The Morgan fingerprint density at radius 2 is 2.07 bits per heavy atom. The van der Waals surface area contributed by atoms with Crippen molar-refractivity contribution in [3.63, 3.8) is 0 Å². The monoisotopic (exact) mass is 198 g/mol. The van der Waals surface area contributed by atoms with Gasteiger partial charge in [0.1, 0.15) is 0 Å². The minimum Gasteiger partial charge on any atom is -0.377 e. The maximum Gasteiger partial charge on any atom is 0.0702 e. The number of rotatable bonds is 2. The van der Waals surface area contributed by atoms with Crippen molar-refractivity contribution in [1.82, 2.24) is 10.2 Å².